The highest BCUT2D eigenvalue weighted by molar-refractivity contribution is 5.84. The lowest BCUT2D eigenvalue weighted by Crippen LogP contribution is -2.09. The molecule has 4 heteroatoms. The zero-order valence-electron chi connectivity index (χ0n) is 8.77. The summed E-state index contributed by atoms with van der Waals surface area (Å²) in [6.07, 6.45) is 0. The van der Waals surface area contributed by atoms with E-state index in [1.54, 1.807) is 16.7 Å². The van der Waals surface area contributed by atoms with Crippen LogP contribution in [0, 0.1) is 18.3 Å². The molecule has 0 unspecified atom stereocenters. The SMILES string of the molecule is Cc1cc2ccc(C#N)cc2n1CC(=O)O. The molecule has 1 aromatic carbocycles. The van der Waals surface area contributed by atoms with Crippen molar-refractivity contribution in [2.75, 3.05) is 0 Å². The van der Waals surface area contributed by atoms with Gasteiger partial charge in [-0.15, -0.1) is 0 Å². The van der Waals surface area contributed by atoms with Crippen molar-refractivity contribution < 1.29 is 9.90 Å². The summed E-state index contributed by atoms with van der Waals surface area (Å²) in [7, 11) is 0. The minimum absolute atomic E-state index is 0.0792. The predicted octanol–water partition coefficient (Wildman–Crippen LogP) is 1.91. The normalized spacial score (nSPS) is 10.2. The molecule has 4 nitrogen and oxygen atoms in total. The lowest BCUT2D eigenvalue weighted by Gasteiger charge is -2.04. The summed E-state index contributed by atoms with van der Waals surface area (Å²) < 4.78 is 1.69. The molecule has 0 saturated heterocycles. The number of hydrogen-bond acceptors (Lipinski definition) is 2. The second-order valence-corrected chi connectivity index (χ2v) is 3.65. The standard InChI is InChI=1S/C12H10N2O2/c1-8-4-10-3-2-9(6-13)5-11(10)14(8)7-12(15)16/h2-5H,7H2,1H3,(H,15,16). The number of aromatic nitrogens is 1. The Morgan fingerprint density at radius 2 is 2.25 bits per heavy atom. The van der Waals surface area contributed by atoms with Crippen molar-refractivity contribution in [2.24, 2.45) is 0 Å². The Balaban J connectivity index is 2.66. The molecule has 0 amide bonds. The Hall–Kier alpha value is -2.28. The molecule has 0 aliphatic rings. The van der Waals surface area contributed by atoms with Crippen LogP contribution in [0.5, 0.6) is 0 Å². The number of aliphatic carboxylic acids is 1. The Morgan fingerprint density at radius 3 is 2.88 bits per heavy atom. The van der Waals surface area contributed by atoms with Gasteiger partial charge in [-0.05, 0) is 30.5 Å². The molecule has 0 bridgehead atoms. The molecular formula is C12H10N2O2. The van der Waals surface area contributed by atoms with Gasteiger partial charge in [0.25, 0.3) is 0 Å². The van der Waals surface area contributed by atoms with Crippen LogP contribution < -0.4 is 0 Å². The zero-order valence-corrected chi connectivity index (χ0v) is 8.77. The molecule has 0 aliphatic heterocycles. The van der Waals surface area contributed by atoms with Crippen LogP contribution in [0.4, 0.5) is 0 Å². The van der Waals surface area contributed by atoms with Crippen molar-refractivity contribution in [3.63, 3.8) is 0 Å². The summed E-state index contributed by atoms with van der Waals surface area (Å²) in [5.74, 6) is -0.886. The number of carbonyl (C=O) groups is 1. The summed E-state index contributed by atoms with van der Waals surface area (Å²) in [4.78, 5) is 10.7. The highest BCUT2D eigenvalue weighted by atomic mass is 16.4. The summed E-state index contributed by atoms with van der Waals surface area (Å²) in [6.45, 7) is 1.78. The molecule has 16 heavy (non-hydrogen) atoms. The van der Waals surface area contributed by atoms with Gasteiger partial charge in [0.1, 0.15) is 6.54 Å². The first-order chi connectivity index (χ1) is 7.61. The molecule has 2 aromatic rings. The number of hydrogen-bond donors (Lipinski definition) is 1. The molecule has 80 valence electrons. The fraction of sp³-hybridized carbons (Fsp3) is 0.167. The number of carboxylic acids is 1. The lowest BCUT2D eigenvalue weighted by molar-refractivity contribution is -0.137. The number of rotatable bonds is 2. The van der Waals surface area contributed by atoms with E-state index in [4.69, 9.17) is 10.4 Å². The van der Waals surface area contributed by atoms with Gasteiger partial charge in [0.2, 0.25) is 0 Å². The fourth-order valence-corrected chi connectivity index (χ4v) is 1.81. The van der Waals surface area contributed by atoms with Crippen molar-refractivity contribution in [1.29, 1.82) is 5.26 Å². The van der Waals surface area contributed by atoms with Crippen molar-refractivity contribution in [3.8, 4) is 6.07 Å². The molecule has 1 N–H and O–H groups in total. The Kier molecular flexibility index (Phi) is 2.37. The maximum Gasteiger partial charge on any atom is 0.323 e. The van der Waals surface area contributed by atoms with Crippen molar-refractivity contribution >= 4 is 16.9 Å². The molecule has 1 heterocycles. The van der Waals surface area contributed by atoms with E-state index in [0.29, 0.717) is 5.56 Å². The van der Waals surface area contributed by atoms with E-state index in [2.05, 4.69) is 0 Å². The predicted molar refractivity (Wildman–Crippen MR) is 59.0 cm³/mol. The van der Waals surface area contributed by atoms with Crippen LogP contribution in [0.2, 0.25) is 0 Å². The average molecular weight is 214 g/mol. The zero-order chi connectivity index (χ0) is 11.7. The van der Waals surface area contributed by atoms with E-state index < -0.39 is 5.97 Å². The molecule has 2 rings (SSSR count). The summed E-state index contributed by atoms with van der Waals surface area (Å²) in [6, 6.07) is 9.24. The minimum atomic E-state index is -0.886. The molecule has 0 aliphatic carbocycles. The van der Waals surface area contributed by atoms with Gasteiger partial charge < -0.3 is 9.67 Å². The number of nitrogens with zero attached hydrogens (tertiary/aromatic N) is 2. The third kappa shape index (κ3) is 1.63. The molecule has 0 atom stereocenters. The van der Waals surface area contributed by atoms with Gasteiger partial charge in [-0.2, -0.15) is 5.26 Å². The first-order valence-corrected chi connectivity index (χ1v) is 4.83. The monoisotopic (exact) mass is 214 g/mol. The summed E-state index contributed by atoms with van der Waals surface area (Å²) in [5.41, 5.74) is 2.21. The topological polar surface area (TPSA) is 66.0 Å². The third-order valence-electron chi connectivity index (χ3n) is 2.53. The number of fused-ring (bicyclic) bond motifs is 1. The van der Waals surface area contributed by atoms with Gasteiger partial charge in [0, 0.05) is 5.69 Å². The largest absolute Gasteiger partial charge is 0.480 e. The van der Waals surface area contributed by atoms with Gasteiger partial charge >= 0.3 is 5.97 Å². The summed E-state index contributed by atoms with van der Waals surface area (Å²) >= 11 is 0. The van der Waals surface area contributed by atoms with Crippen LogP contribution in [0.3, 0.4) is 0 Å². The number of aryl methyl sites for hydroxylation is 1. The average Bonchev–Trinajstić information content (AvgIpc) is 2.54. The molecule has 0 saturated carbocycles. The van der Waals surface area contributed by atoms with Crippen LogP contribution >= 0.6 is 0 Å². The van der Waals surface area contributed by atoms with Crippen LogP contribution in [-0.4, -0.2) is 15.6 Å². The maximum atomic E-state index is 10.7. The van der Waals surface area contributed by atoms with Gasteiger partial charge in [0.15, 0.2) is 0 Å². The highest BCUT2D eigenvalue weighted by Crippen LogP contribution is 2.20. The Morgan fingerprint density at radius 1 is 1.50 bits per heavy atom. The van der Waals surface area contributed by atoms with Crippen LogP contribution in [0.25, 0.3) is 10.9 Å². The van der Waals surface area contributed by atoms with E-state index in [1.165, 1.54) is 0 Å². The second kappa shape index (κ2) is 3.70. The first kappa shape index (κ1) is 10.2. The van der Waals surface area contributed by atoms with E-state index in [1.807, 2.05) is 25.1 Å². The highest BCUT2D eigenvalue weighted by Gasteiger charge is 2.08. The van der Waals surface area contributed by atoms with Crippen LogP contribution in [-0.2, 0) is 11.3 Å². The van der Waals surface area contributed by atoms with Gasteiger partial charge in [-0.1, -0.05) is 6.07 Å². The molecule has 0 fully saturated rings. The molecule has 0 spiro atoms. The molecule has 0 radical (unpaired) electrons. The van der Waals surface area contributed by atoms with Gasteiger partial charge in [0.05, 0.1) is 17.1 Å². The molecule has 1 aromatic heterocycles. The van der Waals surface area contributed by atoms with Crippen LogP contribution in [0.1, 0.15) is 11.3 Å². The quantitative estimate of drug-likeness (QED) is 0.830. The first-order valence-electron chi connectivity index (χ1n) is 4.83. The number of carboxylic acid groups (broad SMARTS) is 1. The van der Waals surface area contributed by atoms with E-state index in [-0.39, 0.29) is 6.54 Å². The lowest BCUT2D eigenvalue weighted by atomic mass is 10.2. The third-order valence-corrected chi connectivity index (χ3v) is 2.53. The van der Waals surface area contributed by atoms with E-state index in [0.717, 1.165) is 16.6 Å². The van der Waals surface area contributed by atoms with Crippen LogP contribution in [0.15, 0.2) is 24.3 Å². The van der Waals surface area contributed by atoms with Crippen molar-refractivity contribution in [2.45, 2.75) is 13.5 Å². The Bertz CT molecular complexity index is 605. The van der Waals surface area contributed by atoms with Gasteiger partial charge in [-0.25, -0.2) is 0 Å². The smallest absolute Gasteiger partial charge is 0.323 e. The maximum absolute atomic E-state index is 10.7. The van der Waals surface area contributed by atoms with Crippen molar-refractivity contribution in [3.05, 3.63) is 35.5 Å². The summed E-state index contributed by atoms with van der Waals surface area (Å²) in [5, 5.41) is 18.6. The van der Waals surface area contributed by atoms with Crippen molar-refractivity contribution in [1.82, 2.24) is 4.57 Å². The number of benzene rings is 1. The van der Waals surface area contributed by atoms with E-state index >= 15 is 0 Å². The number of nitriles is 1. The van der Waals surface area contributed by atoms with E-state index in [9.17, 15) is 4.79 Å². The van der Waals surface area contributed by atoms with Gasteiger partial charge in [-0.3, -0.25) is 4.79 Å². The fourth-order valence-electron chi connectivity index (χ4n) is 1.81. The second-order valence-electron chi connectivity index (χ2n) is 3.65. The molecular weight excluding hydrogens is 204 g/mol. The minimum Gasteiger partial charge on any atom is -0.480 e. The Labute approximate surface area is 92.3 Å².